The van der Waals surface area contributed by atoms with Gasteiger partial charge in [0, 0.05) is 13.1 Å². The molecule has 1 heterocycles. The molecule has 0 spiro atoms. The topological polar surface area (TPSA) is 90.3 Å². The van der Waals surface area contributed by atoms with E-state index in [1.165, 1.54) is 24.1 Å². The highest BCUT2D eigenvalue weighted by molar-refractivity contribution is 6.46. The van der Waals surface area contributed by atoms with Crippen molar-refractivity contribution in [1.29, 1.82) is 0 Å². The molecule has 7 heteroatoms. The second kappa shape index (κ2) is 10.5. The van der Waals surface area contributed by atoms with Gasteiger partial charge < -0.3 is 24.7 Å². The van der Waals surface area contributed by atoms with E-state index in [9.17, 15) is 19.8 Å². The number of methoxy groups -OCH3 is 1. The van der Waals surface area contributed by atoms with Gasteiger partial charge in [0.15, 0.2) is 0 Å². The van der Waals surface area contributed by atoms with Crippen LogP contribution in [-0.2, 0) is 15.0 Å². The van der Waals surface area contributed by atoms with Gasteiger partial charge in [0.1, 0.15) is 17.3 Å². The summed E-state index contributed by atoms with van der Waals surface area (Å²) >= 11 is 0. The molecule has 0 radical (unpaired) electrons. The highest BCUT2D eigenvalue weighted by atomic mass is 16.5. The third-order valence-corrected chi connectivity index (χ3v) is 6.60. The molecule has 1 fully saturated rings. The van der Waals surface area contributed by atoms with Crippen molar-refractivity contribution in [2.45, 2.75) is 46.1 Å². The molecule has 2 aromatic carbocycles. The van der Waals surface area contributed by atoms with Gasteiger partial charge in [0.05, 0.1) is 24.3 Å². The van der Waals surface area contributed by atoms with E-state index in [0.717, 1.165) is 18.7 Å². The number of hydrogen-bond acceptors (Lipinski definition) is 6. The van der Waals surface area contributed by atoms with Gasteiger partial charge in [0.2, 0.25) is 0 Å². The predicted octanol–water partition coefficient (Wildman–Crippen LogP) is 4.46. The number of amides is 1. The molecule has 1 amide bonds. The highest BCUT2D eigenvalue weighted by Gasteiger charge is 2.46. The monoisotopic (exact) mass is 480 g/mol. The van der Waals surface area contributed by atoms with Crippen LogP contribution in [0, 0.1) is 0 Å². The van der Waals surface area contributed by atoms with E-state index < -0.39 is 17.7 Å². The van der Waals surface area contributed by atoms with Crippen LogP contribution < -0.4 is 4.74 Å². The Morgan fingerprint density at radius 3 is 2.34 bits per heavy atom. The first-order valence-corrected chi connectivity index (χ1v) is 12.0. The highest BCUT2D eigenvalue weighted by Crippen LogP contribution is 2.42. The summed E-state index contributed by atoms with van der Waals surface area (Å²) in [5.41, 5.74) is 1.64. The van der Waals surface area contributed by atoms with Crippen LogP contribution in [0.5, 0.6) is 11.5 Å². The fourth-order valence-electron chi connectivity index (χ4n) is 4.45. The lowest BCUT2D eigenvalue weighted by Gasteiger charge is -2.28. The first-order chi connectivity index (χ1) is 16.5. The molecule has 2 aromatic rings. The number of phenolic OH excluding ortho intramolecular Hbond substituents is 1. The van der Waals surface area contributed by atoms with E-state index in [2.05, 4.69) is 25.7 Å². The molecule has 3 rings (SSSR count). The van der Waals surface area contributed by atoms with E-state index in [0.29, 0.717) is 30.0 Å². The van der Waals surface area contributed by atoms with Crippen molar-refractivity contribution in [2.75, 3.05) is 33.3 Å². The van der Waals surface area contributed by atoms with Crippen LogP contribution in [0.2, 0.25) is 0 Å². The maximum Gasteiger partial charge on any atom is 0.295 e. The fraction of sp³-hybridized carbons (Fsp3) is 0.429. The number of aliphatic hydroxyl groups is 1. The minimum Gasteiger partial charge on any atom is -0.508 e. The molecule has 7 nitrogen and oxygen atoms in total. The Morgan fingerprint density at radius 2 is 1.77 bits per heavy atom. The molecule has 0 aliphatic carbocycles. The summed E-state index contributed by atoms with van der Waals surface area (Å²) < 4.78 is 5.50. The van der Waals surface area contributed by atoms with E-state index in [-0.39, 0.29) is 22.5 Å². The quantitative estimate of drug-likeness (QED) is 0.329. The van der Waals surface area contributed by atoms with Crippen LogP contribution in [0.25, 0.3) is 5.76 Å². The number of carbonyl (C=O) groups excluding carboxylic acids is 2. The Kier molecular flexibility index (Phi) is 7.90. The Labute approximate surface area is 207 Å². The molecule has 1 aliphatic heterocycles. The van der Waals surface area contributed by atoms with Gasteiger partial charge in [-0.25, -0.2) is 0 Å². The zero-order valence-electron chi connectivity index (χ0n) is 21.5. The van der Waals surface area contributed by atoms with Crippen molar-refractivity contribution in [3.8, 4) is 11.5 Å². The molecule has 0 saturated carbocycles. The molecule has 1 unspecified atom stereocenters. The number of likely N-dealkylation sites (tertiary alicyclic amines) is 1. The summed E-state index contributed by atoms with van der Waals surface area (Å²) in [7, 11) is 1.50. The summed E-state index contributed by atoms with van der Waals surface area (Å²) in [4.78, 5) is 30.2. The third kappa shape index (κ3) is 5.35. The number of benzene rings is 2. The Bertz CT molecular complexity index is 1130. The van der Waals surface area contributed by atoms with Crippen LogP contribution in [-0.4, -0.2) is 65.0 Å². The number of ether oxygens (including phenoxy) is 1. The Balaban J connectivity index is 2.21. The second-order valence-corrected chi connectivity index (χ2v) is 9.78. The lowest BCUT2D eigenvalue weighted by molar-refractivity contribution is -0.140. The van der Waals surface area contributed by atoms with Crippen LogP contribution in [0.1, 0.15) is 57.4 Å². The summed E-state index contributed by atoms with van der Waals surface area (Å²) in [6, 6.07) is 11.1. The van der Waals surface area contributed by atoms with Gasteiger partial charge in [-0.1, -0.05) is 52.8 Å². The average Bonchev–Trinajstić information content (AvgIpc) is 3.08. The van der Waals surface area contributed by atoms with E-state index in [1.54, 1.807) is 24.3 Å². The van der Waals surface area contributed by atoms with Crippen molar-refractivity contribution in [2.24, 2.45) is 0 Å². The first kappa shape index (κ1) is 26.3. The zero-order valence-corrected chi connectivity index (χ0v) is 21.5. The number of hydrogen-bond donors (Lipinski definition) is 2. The van der Waals surface area contributed by atoms with Crippen LogP contribution in [0.4, 0.5) is 0 Å². The molecule has 1 atom stereocenters. The van der Waals surface area contributed by atoms with E-state index >= 15 is 0 Å². The molecular formula is C28H36N2O5. The Morgan fingerprint density at radius 1 is 1.09 bits per heavy atom. The summed E-state index contributed by atoms with van der Waals surface area (Å²) in [6.07, 6.45) is 0. The van der Waals surface area contributed by atoms with Gasteiger partial charge in [-0.15, -0.1) is 0 Å². The molecule has 35 heavy (non-hydrogen) atoms. The Hall–Kier alpha value is -3.32. The summed E-state index contributed by atoms with van der Waals surface area (Å²) in [5, 5.41) is 21.7. The normalized spacial score (nSPS) is 17.9. The number of Topliss-reactive ketones (excluding diaryl/α,β-unsaturated/α-hetero) is 1. The van der Waals surface area contributed by atoms with Gasteiger partial charge in [-0.3, -0.25) is 9.59 Å². The number of aliphatic hydroxyl groups excluding tert-OH is 1. The number of aromatic hydroxyl groups is 1. The zero-order chi connectivity index (χ0) is 25.9. The molecular weight excluding hydrogens is 444 g/mol. The molecule has 0 aromatic heterocycles. The maximum absolute atomic E-state index is 13.3. The minimum atomic E-state index is -0.833. The number of likely N-dealkylation sites (N-methyl/N-ethyl adjacent to an activating group) is 1. The van der Waals surface area contributed by atoms with Gasteiger partial charge >= 0.3 is 0 Å². The number of carbonyl (C=O) groups is 2. The van der Waals surface area contributed by atoms with Crippen molar-refractivity contribution >= 4 is 17.4 Å². The fourth-order valence-corrected chi connectivity index (χ4v) is 4.45. The van der Waals surface area contributed by atoms with Gasteiger partial charge in [-0.05, 0) is 53.9 Å². The van der Waals surface area contributed by atoms with Crippen molar-refractivity contribution in [1.82, 2.24) is 9.80 Å². The van der Waals surface area contributed by atoms with Gasteiger partial charge in [0.25, 0.3) is 11.7 Å². The third-order valence-electron chi connectivity index (χ3n) is 6.60. The summed E-state index contributed by atoms with van der Waals surface area (Å²) in [5.74, 6) is -1.29. The first-order valence-electron chi connectivity index (χ1n) is 12.0. The van der Waals surface area contributed by atoms with Crippen molar-refractivity contribution in [3.05, 3.63) is 64.7 Å². The summed E-state index contributed by atoms with van der Waals surface area (Å²) in [6.45, 7) is 12.8. The number of nitrogens with zero attached hydrogens (tertiary/aromatic N) is 2. The predicted molar refractivity (Wildman–Crippen MR) is 137 cm³/mol. The number of rotatable bonds is 8. The molecule has 0 bridgehead atoms. The lowest BCUT2D eigenvalue weighted by atomic mass is 9.85. The van der Waals surface area contributed by atoms with Crippen molar-refractivity contribution in [3.63, 3.8) is 0 Å². The minimum absolute atomic E-state index is 0.00972. The standard InChI is InChI=1S/C28H36N2O5/c1-7-29(8-2)14-15-30-24(18-10-9-11-20(31)16-18)23(26(33)27(30)34)25(32)21-17-19(28(3,4)5)12-13-22(21)35-6/h9-13,16-17,24,31-32H,7-8,14-15H2,1-6H3/b25-23+. The van der Waals surface area contributed by atoms with E-state index in [1.807, 2.05) is 19.9 Å². The van der Waals surface area contributed by atoms with E-state index in [4.69, 9.17) is 4.74 Å². The van der Waals surface area contributed by atoms with Crippen LogP contribution >= 0.6 is 0 Å². The average molecular weight is 481 g/mol. The second-order valence-electron chi connectivity index (χ2n) is 9.78. The molecule has 1 saturated heterocycles. The lowest BCUT2D eigenvalue weighted by Crippen LogP contribution is -2.38. The SMILES string of the molecule is CCN(CC)CCN1C(=O)C(=O)/C(=C(/O)c2cc(C(C)(C)C)ccc2OC)C1c1cccc(O)c1. The molecule has 188 valence electrons. The van der Waals surface area contributed by atoms with Gasteiger partial charge in [-0.2, -0.15) is 0 Å². The smallest absolute Gasteiger partial charge is 0.295 e. The largest absolute Gasteiger partial charge is 0.508 e. The molecule has 2 N–H and O–H groups in total. The van der Waals surface area contributed by atoms with Crippen LogP contribution in [0.15, 0.2) is 48.0 Å². The molecule has 1 aliphatic rings. The maximum atomic E-state index is 13.3. The number of ketones is 1. The van der Waals surface area contributed by atoms with Crippen LogP contribution in [0.3, 0.4) is 0 Å². The van der Waals surface area contributed by atoms with Crippen molar-refractivity contribution < 1.29 is 24.5 Å². The number of phenols is 1.